The first kappa shape index (κ1) is 32.4. The summed E-state index contributed by atoms with van der Waals surface area (Å²) in [5, 5.41) is 2.88. The molecule has 0 bridgehead atoms. The zero-order valence-electron chi connectivity index (χ0n) is 24.8. The number of rotatable bonds is 12. The first-order valence-electron chi connectivity index (χ1n) is 13.5. The summed E-state index contributed by atoms with van der Waals surface area (Å²) >= 11 is 0. The summed E-state index contributed by atoms with van der Waals surface area (Å²) in [6.07, 6.45) is 0. The average molecular weight is 600 g/mol. The highest BCUT2D eigenvalue weighted by Crippen LogP contribution is 2.26. The third-order valence-corrected chi connectivity index (χ3v) is 8.08. The van der Waals surface area contributed by atoms with Crippen molar-refractivity contribution in [3.8, 4) is 11.5 Å². The Morgan fingerprint density at radius 2 is 1.50 bits per heavy atom. The Labute approximate surface area is 247 Å². The topological polar surface area (TPSA) is 105 Å². The lowest BCUT2D eigenvalue weighted by Crippen LogP contribution is -2.54. The fourth-order valence-corrected chi connectivity index (χ4v) is 5.54. The molecule has 0 fully saturated rings. The number of ether oxygens (including phenoxy) is 2. The van der Waals surface area contributed by atoms with Gasteiger partial charge in [0.2, 0.25) is 11.8 Å². The second kappa shape index (κ2) is 13.7. The number of sulfonamides is 1. The average Bonchev–Trinajstić information content (AvgIpc) is 2.94. The normalized spacial score (nSPS) is 12.3. The van der Waals surface area contributed by atoms with Gasteiger partial charge < -0.3 is 19.7 Å². The quantitative estimate of drug-likeness (QED) is 0.322. The number of hydrogen-bond donors (Lipinski definition) is 1. The molecule has 0 aromatic heterocycles. The minimum Gasteiger partial charge on any atom is -0.497 e. The Kier molecular flexibility index (Phi) is 10.6. The first-order chi connectivity index (χ1) is 19.7. The molecule has 0 aliphatic carbocycles. The van der Waals surface area contributed by atoms with E-state index in [9.17, 15) is 22.4 Å². The largest absolute Gasteiger partial charge is 0.497 e. The highest BCUT2D eigenvalue weighted by molar-refractivity contribution is 7.92. The monoisotopic (exact) mass is 599 g/mol. The van der Waals surface area contributed by atoms with Crippen LogP contribution in [0.4, 0.5) is 10.1 Å². The first-order valence-corrected chi connectivity index (χ1v) is 14.9. The number of carbonyl (C=O) groups is 2. The molecule has 3 aromatic carbocycles. The van der Waals surface area contributed by atoms with Crippen LogP contribution in [0.5, 0.6) is 11.5 Å². The minimum atomic E-state index is -4.29. The van der Waals surface area contributed by atoms with Crippen LogP contribution in [0.15, 0.2) is 77.7 Å². The number of carbonyl (C=O) groups excluding carboxylic acids is 2. The van der Waals surface area contributed by atoms with E-state index in [1.165, 1.54) is 41.3 Å². The number of anilines is 1. The van der Waals surface area contributed by atoms with Gasteiger partial charge in [-0.15, -0.1) is 0 Å². The Morgan fingerprint density at radius 3 is 2.02 bits per heavy atom. The van der Waals surface area contributed by atoms with E-state index in [4.69, 9.17) is 9.47 Å². The number of nitrogens with one attached hydrogen (secondary N) is 1. The minimum absolute atomic E-state index is 0.0297. The SMILES string of the molecule is CCOc1ccc(S(=O)(=O)N(CC(=O)N(Cc2ccc(OC)cc2)C(C)C(=O)NC(C)(C)C)c2ccc(F)cc2)cc1. The maximum Gasteiger partial charge on any atom is 0.264 e. The number of benzene rings is 3. The molecule has 9 nitrogen and oxygen atoms in total. The lowest BCUT2D eigenvalue weighted by molar-refractivity contribution is -0.140. The van der Waals surface area contributed by atoms with Crippen molar-refractivity contribution in [3.05, 3.63) is 84.2 Å². The van der Waals surface area contributed by atoms with E-state index in [-0.39, 0.29) is 17.1 Å². The van der Waals surface area contributed by atoms with Crippen molar-refractivity contribution in [2.45, 2.75) is 57.6 Å². The molecule has 42 heavy (non-hydrogen) atoms. The van der Waals surface area contributed by atoms with Crippen LogP contribution in [0.3, 0.4) is 0 Å². The van der Waals surface area contributed by atoms with Crippen LogP contribution in [-0.4, -0.2) is 57.0 Å². The zero-order chi connectivity index (χ0) is 31.1. The number of nitrogens with zero attached hydrogens (tertiary/aromatic N) is 2. The summed E-state index contributed by atoms with van der Waals surface area (Å²) in [6.45, 7) is 8.69. The van der Waals surface area contributed by atoms with E-state index in [2.05, 4.69) is 5.32 Å². The molecule has 0 aliphatic rings. The Balaban J connectivity index is 2.02. The fraction of sp³-hybridized carbons (Fsp3) is 0.355. The van der Waals surface area contributed by atoms with Crippen molar-refractivity contribution < 1.29 is 31.9 Å². The second-order valence-corrected chi connectivity index (χ2v) is 12.5. The van der Waals surface area contributed by atoms with Gasteiger partial charge in [-0.1, -0.05) is 12.1 Å². The van der Waals surface area contributed by atoms with Crippen molar-refractivity contribution in [3.63, 3.8) is 0 Å². The number of methoxy groups -OCH3 is 1. The lowest BCUT2D eigenvalue weighted by atomic mass is 10.1. The molecule has 0 radical (unpaired) electrons. The zero-order valence-corrected chi connectivity index (χ0v) is 25.6. The maximum atomic E-state index is 14.0. The summed E-state index contributed by atoms with van der Waals surface area (Å²) in [4.78, 5) is 28.4. The molecule has 11 heteroatoms. The molecule has 226 valence electrons. The van der Waals surface area contributed by atoms with E-state index >= 15 is 0 Å². The molecular formula is C31H38FN3O6S. The van der Waals surface area contributed by atoms with Gasteiger partial charge in [-0.2, -0.15) is 0 Å². The van der Waals surface area contributed by atoms with Crippen LogP contribution < -0.4 is 19.1 Å². The number of halogens is 1. The highest BCUT2D eigenvalue weighted by atomic mass is 32.2. The smallest absolute Gasteiger partial charge is 0.264 e. The summed E-state index contributed by atoms with van der Waals surface area (Å²) in [6, 6.07) is 16.7. The van der Waals surface area contributed by atoms with Gasteiger partial charge in [-0.3, -0.25) is 13.9 Å². The Morgan fingerprint density at radius 1 is 0.929 bits per heavy atom. The molecule has 1 unspecified atom stereocenters. The summed E-state index contributed by atoms with van der Waals surface area (Å²) < 4.78 is 53.1. The highest BCUT2D eigenvalue weighted by Gasteiger charge is 2.33. The Hall–Kier alpha value is -4.12. The van der Waals surface area contributed by atoms with Crippen LogP contribution in [0.25, 0.3) is 0 Å². The predicted octanol–water partition coefficient (Wildman–Crippen LogP) is 4.76. The van der Waals surface area contributed by atoms with Crippen molar-refractivity contribution >= 4 is 27.5 Å². The molecule has 0 heterocycles. The van der Waals surface area contributed by atoms with Gasteiger partial charge in [0, 0.05) is 12.1 Å². The van der Waals surface area contributed by atoms with Gasteiger partial charge in [-0.05, 0) is 101 Å². The van der Waals surface area contributed by atoms with Gasteiger partial charge in [0.25, 0.3) is 10.0 Å². The number of hydrogen-bond acceptors (Lipinski definition) is 6. The lowest BCUT2D eigenvalue weighted by Gasteiger charge is -2.33. The summed E-state index contributed by atoms with van der Waals surface area (Å²) in [5.74, 6) is -0.463. The van der Waals surface area contributed by atoms with Gasteiger partial charge in [-0.25, -0.2) is 12.8 Å². The fourth-order valence-electron chi connectivity index (χ4n) is 4.12. The van der Waals surface area contributed by atoms with E-state index < -0.39 is 45.8 Å². The van der Waals surface area contributed by atoms with E-state index in [1.54, 1.807) is 38.3 Å². The summed E-state index contributed by atoms with van der Waals surface area (Å²) in [7, 11) is -2.75. The van der Waals surface area contributed by atoms with E-state index in [0.29, 0.717) is 23.7 Å². The van der Waals surface area contributed by atoms with Gasteiger partial charge in [0.15, 0.2) is 0 Å². The van der Waals surface area contributed by atoms with Crippen molar-refractivity contribution in [2.24, 2.45) is 0 Å². The standard InChI is InChI=1S/C31H38FN3O6S/c1-7-41-27-16-18-28(19-17-27)42(38,39)35(25-12-10-24(32)11-13-25)21-29(36)34(22(2)30(37)33-31(3,4)5)20-23-8-14-26(40-6)15-9-23/h8-19,22H,7,20-21H2,1-6H3,(H,33,37). The number of amides is 2. The van der Waals surface area contributed by atoms with Gasteiger partial charge in [0.1, 0.15) is 29.9 Å². The molecule has 0 saturated carbocycles. The maximum absolute atomic E-state index is 14.0. The molecule has 1 atom stereocenters. The van der Waals surface area contributed by atoms with Gasteiger partial charge in [0.05, 0.1) is 24.3 Å². The van der Waals surface area contributed by atoms with Crippen molar-refractivity contribution in [1.29, 1.82) is 0 Å². The van der Waals surface area contributed by atoms with Crippen LogP contribution >= 0.6 is 0 Å². The molecule has 2 amide bonds. The molecule has 1 N–H and O–H groups in total. The molecule has 0 saturated heterocycles. The molecule has 3 aromatic rings. The third kappa shape index (κ3) is 8.45. The van der Waals surface area contributed by atoms with Gasteiger partial charge >= 0.3 is 0 Å². The predicted molar refractivity (Wildman–Crippen MR) is 159 cm³/mol. The molecule has 0 spiro atoms. The van der Waals surface area contributed by atoms with Crippen LogP contribution in [0.2, 0.25) is 0 Å². The van der Waals surface area contributed by atoms with Crippen LogP contribution in [-0.2, 0) is 26.2 Å². The van der Waals surface area contributed by atoms with Crippen LogP contribution in [0, 0.1) is 5.82 Å². The van der Waals surface area contributed by atoms with Crippen molar-refractivity contribution in [2.75, 3.05) is 24.6 Å². The molecule has 0 aliphatic heterocycles. The van der Waals surface area contributed by atoms with Crippen LogP contribution in [0.1, 0.15) is 40.2 Å². The Bertz CT molecular complexity index is 1450. The van der Waals surface area contributed by atoms with Crippen molar-refractivity contribution in [1.82, 2.24) is 10.2 Å². The van der Waals surface area contributed by atoms with E-state index in [0.717, 1.165) is 16.4 Å². The summed E-state index contributed by atoms with van der Waals surface area (Å²) in [5.41, 5.74) is 0.245. The molecular weight excluding hydrogens is 561 g/mol. The van der Waals surface area contributed by atoms with E-state index in [1.807, 2.05) is 27.7 Å². The molecule has 3 rings (SSSR count). The second-order valence-electron chi connectivity index (χ2n) is 10.7. The third-order valence-electron chi connectivity index (χ3n) is 6.29.